The van der Waals surface area contributed by atoms with Gasteiger partial charge in [-0.3, -0.25) is 9.69 Å². The van der Waals surface area contributed by atoms with Crippen molar-refractivity contribution >= 4 is 28.8 Å². The van der Waals surface area contributed by atoms with E-state index in [1.807, 2.05) is 17.5 Å². The molecular weight excluding hydrogens is 362 g/mol. The fraction of sp³-hybridized carbons (Fsp3) is 0.412. The summed E-state index contributed by atoms with van der Waals surface area (Å²) < 4.78 is 11.8. The smallest absolute Gasteiger partial charge is 0.220 e. The second-order valence-corrected chi connectivity index (χ2v) is 7.47. The third-order valence-corrected chi connectivity index (χ3v) is 4.96. The quantitative estimate of drug-likeness (QED) is 0.796. The van der Waals surface area contributed by atoms with Crippen LogP contribution in [0.5, 0.6) is 5.75 Å². The lowest BCUT2D eigenvalue weighted by Crippen LogP contribution is -2.56. The minimum absolute atomic E-state index is 0.0991. The molecule has 134 valence electrons. The molecule has 1 aliphatic heterocycles. The van der Waals surface area contributed by atoms with Crippen molar-refractivity contribution < 1.29 is 14.3 Å². The van der Waals surface area contributed by atoms with E-state index in [9.17, 15) is 4.79 Å². The van der Waals surface area contributed by atoms with E-state index in [-0.39, 0.29) is 13.0 Å². The molecule has 3 rings (SSSR count). The summed E-state index contributed by atoms with van der Waals surface area (Å²) >= 11 is 7.60. The normalized spacial score (nSPS) is 21.2. The number of nitrogens with two attached hydrogens (primary N) is 1. The maximum atomic E-state index is 11.6. The third-order valence-electron chi connectivity index (χ3n) is 3.96. The maximum absolute atomic E-state index is 11.6. The number of morpholine rings is 1. The van der Waals surface area contributed by atoms with Gasteiger partial charge in [0.15, 0.2) is 0 Å². The molecule has 0 radical (unpaired) electrons. The fourth-order valence-corrected chi connectivity index (χ4v) is 3.75. The molecule has 0 aliphatic carbocycles. The van der Waals surface area contributed by atoms with Gasteiger partial charge in [0, 0.05) is 29.7 Å². The molecule has 1 amide bonds. The van der Waals surface area contributed by atoms with Crippen LogP contribution in [0.1, 0.15) is 11.4 Å². The maximum Gasteiger partial charge on any atom is 0.220 e. The Morgan fingerprint density at radius 2 is 2.40 bits per heavy atom. The molecule has 1 aliphatic rings. The molecule has 1 atom stereocenters. The molecule has 1 unspecified atom stereocenters. The van der Waals surface area contributed by atoms with Crippen molar-refractivity contribution in [2.45, 2.75) is 18.6 Å². The van der Waals surface area contributed by atoms with Gasteiger partial charge in [-0.05, 0) is 18.2 Å². The number of nitrogens with zero attached hydrogens (tertiary/aromatic N) is 2. The summed E-state index contributed by atoms with van der Waals surface area (Å²) in [5.41, 5.74) is 4.68. The van der Waals surface area contributed by atoms with Crippen LogP contribution in [0.4, 0.5) is 0 Å². The van der Waals surface area contributed by atoms with E-state index in [1.165, 1.54) is 0 Å². The zero-order valence-corrected chi connectivity index (χ0v) is 15.3. The average molecular weight is 382 g/mol. The molecular formula is C17H20ClN3O3S. The van der Waals surface area contributed by atoms with Crippen LogP contribution in [0.3, 0.4) is 0 Å². The molecule has 0 bridgehead atoms. The molecule has 25 heavy (non-hydrogen) atoms. The summed E-state index contributed by atoms with van der Waals surface area (Å²) in [4.78, 5) is 18.1. The number of carbonyl (C=O) groups excluding carboxylic acids is 1. The van der Waals surface area contributed by atoms with Crippen LogP contribution in [0.15, 0.2) is 35.8 Å². The van der Waals surface area contributed by atoms with Crippen molar-refractivity contribution in [3.8, 4) is 5.75 Å². The van der Waals surface area contributed by atoms with Gasteiger partial charge in [-0.2, -0.15) is 0 Å². The van der Waals surface area contributed by atoms with Crippen LogP contribution in [0, 0.1) is 0 Å². The standard InChI is InChI=1S/C17H20ClN3O3S/c18-13-2-1-3-14(8-13)23-12-17(9-15(19)22)11-21(5-6-24-17)10-16-20-4-7-25-16/h1-4,7-8H,5-6,9-12H2,(H2,19,22). The molecule has 1 aromatic carbocycles. The molecule has 0 spiro atoms. The number of carbonyl (C=O) groups is 1. The number of benzene rings is 1. The average Bonchev–Trinajstić information content (AvgIpc) is 3.06. The first-order chi connectivity index (χ1) is 12.0. The number of rotatable bonds is 7. The van der Waals surface area contributed by atoms with Crippen molar-refractivity contribution in [3.63, 3.8) is 0 Å². The fourth-order valence-electron chi connectivity index (χ4n) is 2.92. The summed E-state index contributed by atoms with van der Waals surface area (Å²) in [6, 6.07) is 7.14. The van der Waals surface area contributed by atoms with Crippen molar-refractivity contribution in [2.75, 3.05) is 26.3 Å². The number of ether oxygens (including phenoxy) is 2. The number of hydrogen-bond acceptors (Lipinski definition) is 6. The summed E-state index contributed by atoms with van der Waals surface area (Å²) in [5, 5.41) is 3.58. The first kappa shape index (κ1) is 18.1. The van der Waals surface area contributed by atoms with Crippen LogP contribution in [-0.4, -0.2) is 47.7 Å². The monoisotopic (exact) mass is 381 g/mol. The zero-order chi connectivity index (χ0) is 17.7. The highest BCUT2D eigenvalue weighted by Crippen LogP contribution is 2.26. The van der Waals surface area contributed by atoms with Gasteiger partial charge in [-0.15, -0.1) is 11.3 Å². The topological polar surface area (TPSA) is 77.7 Å². The first-order valence-electron chi connectivity index (χ1n) is 7.96. The molecule has 1 saturated heterocycles. The van der Waals surface area contributed by atoms with Gasteiger partial charge < -0.3 is 15.2 Å². The summed E-state index contributed by atoms with van der Waals surface area (Å²) in [7, 11) is 0. The van der Waals surface area contributed by atoms with Gasteiger partial charge in [0.2, 0.25) is 5.91 Å². The zero-order valence-electron chi connectivity index (χ0n) is 13.7. The van der Waals surface area contributed by atoms with Crippen molar-refractivity contribution in [2.24, 2.45) is 5.73 Å². The lowest BCUT2D eigenvalue weighted by atomic mass is 9.97. The molecule has 1 fully saturated rings. The highest BCUT2D eigenvalue weighted by atomic mass is 35.5. The summed E-state index contributed by atoms with van der Waals surface area (Å²) in [6.45, 7) is 2.79. The highest BCUT2D eigenvalue weighted by Gasteiger charge is 2.39. The van der Waals surface area contributed by atoms with E-state index in [1.54, 1.807) is 29.7 Å². The number of amides is 1. The number of aromatic nitrogens is 1. The second kappa shape index (κ2) is 8.14. The van der Waals surface area contributed by atoms with E-state index < -0.39 is 11.5 Å². The van der Waals surface area contributed by atoms with Gasteiger partial charge in [0.25, 0.3) is 0 Å². The SMILES string of the molecule is NC(=O)CC1(COc2cccc(Cl)c2)CN(Cc2nccs2)CCO1. The number of primary amides is 1. The lowest BCUT2D eigenvalue weighted by molar-refractivity contribution is -0.148. The van der Waals surface area contributed by atoms with Gasteiger partial charge in [0.05, 0.1) is 19.6 Å². The second-order valence-electron chi connectivity index (χ2n) is 6.06. The third kappa shape index (κ3) is 5.15. The van der Waals surface area contributed by atoms with E-state index in [0.29, 0.717) is 23.9 Å². The predicted molar refractivity (Wildman–Crippen MR) is 96.8 cm³/mol. The number of thiazole rings is 1. The van der Waals surface area contributed by atoms with Crippen LogP contribution < -0.4 is 10.5 Å². The van der Waals surface area contributed by atoms with Crippen LogP contribution >= 0.6 is 22.9 Å². The van der Waals surface area contributed by atoms with Gasteiger partial charge >= 0.3 is 0 Å². The molecule has 0 saturated carbocycles. The van der Waals surface area contributed by atoms with E-state index >= 15 is 0 Å². The Balaban J connectivity index is 1.69. The Bertz CT molecular complexity index is 713. The first-order valence-corrected chi connectivity index (χ1v) is 9.22. The minimum Gasteiger partial charge on any atom is -0.490 e. The summed E-state index contributed by atoms with van der Waals surface area (Å²) in [5.74, 6) is 0.225. The number of hydrogen-bond donors (Lipinski definition) is 1. The molecule has 2 N–H and O–H groups in total. The van der Waals surface area contributed by atoms with Gasteiger partial charge in [-0.25, -0.2) is 4.98 Å². The van der Waals surface area contributed by atoms with Crippen molar-refractivity contribution in [1.29, 1.82) is 0 Å². The molecule has 1 aromatic heterocycles. The summed E-state index contributed by atoms with van der Waals surface area (Å²) in [6.07, 6.45) is 1.89. The molecule has 6 nitrogen and oxygen atoms in total. The Hall–Kier alpha value is -1.67. The van der Waals surface area contributed by atoms with Crippen molar-refractivity contribution in [3.05, 3.63) is 45.9 Å². The Labute approximate surface area is 155 Å². The molecule has 2 aromatic rings. The van der Waals surface area contributed by atoms with Gasteiger partial charge in [0.1, 0.15) is 23.0 Å². The Kier molecular flexibility index (Phi) is 5.90. The lowest BCUT2D eigenvalue weighted by Gasteiger charge is -2.41. The van der Waals surface area contributed by atoms with Crippen LogP contribution in [0.2, 0.25) is 5.02 Å². The van der Waals surface area contributed by atoms with Gasteiger partial charge in [-0.1, -0.05) is 17.7 Å². The molecule has 2 heterocycles. The predicted octanol–water partition coefficient (Wildman–Crippen LogP) is 2.32. The minimum atomic E-state index is -0.774. The largest absolute Gasteiger partial charge is 0.490 e. The van der Waals surface area contributed by atoms with E-state index in [2.05, 4.69) is 9.88 Å². The van der Waals surface area contributed by atoms with E-state index in [4.69, 9.17) is 26.8 Å². The number of halogens is 1. The Morgan fingerprint density at radius 1 is 1.52 bits per heavy atom. The van der Waals surface area contributed by atoms with Crippen LogP contribution in [0.25, 0.3) is 0 Å². The highest BCUT2D eigenvalue weighted by molar-refractivity contribution is 7.09. The molecule has 8 heteroatoms. The van der Waals surface area contributed by atoms with Crippen LogP contribution in [-0.2, 0) is 16.1 Å². The van der Waals surface area contributed by atoms with Crippen molar-refractivity contribution in [1.82, 2.24) is 9.88 Å². The van der Waals surface area contributed by atoms with E-state index in [0.717, 1.165) is 18.1 Å². The Morgan fingerprint density at radius 3 is 3.12 bits per heavy atom.